The summed E-state index contributed by atoms with van der Waals surface area (Å²) < 4.78 is 22.8. The van der Waals surface area contributed by atoms with Gasteiger partial charge < -0.3 is 23.8 Å². The van der Waals surface area contributed by atoms with E-state index in [9.17, 15) is 14.4 Å². The lowest BCUT2D eigenvalue weighted by Gasteiger charge is -2.26. The van der Waals surface area contributed by atoms with Gasteiger partial charge in [-0.25, -0.2) is 4.79 Å². The first-order valence-corrected chi connectivity index (χ1v) is 31.3. The third-order valence-corrected chi connectivity index (χ3v) is 14.4. The van der Waals surface area contributed by atoms with Gasteiger partial charge in [0.2, 0.25) is 0 Å². The summed E-state index contributed by atoms with van der Waals surface area (Å²) in [7, 11) is 0. The van der Waals surface area contributed by atoms with E-state index in [-0.39, 0.29) is 24.6 Å². The lowest BCUT2D eigenvalue weighted by atomic mass is 10.0. The van der Waals surface area contributed by atoms with Crippen LogP contribution in [0.25, 0.3) is 0 Å². The first kappa shape index (κ1) is 68.8. The molecule has 0 amide bonds. The molecule has 0 atom stereocenters. The van der Waals surface area contributed by atoms with Gasteiger partial charge in [0.15, 0.2) is 0 Å². The van der Waals surface area contributed by atoms with Crippen LogP contribution in [-0.4, -0.2) is 86.5 Å². The molecule has 0 aliphatic heterocycles. The zero-order valence-corrected chi connectivity index (χ0v) is 48.8. The summed E-state index contributed by atoms with van der Waals surface area (Å²) in [6.45, 7) is 15.5. The normalized spacial score (nSPS) is 11.8. The summed E-state index contributed by atoms with van der Waals surface area (Å²) in [5, 5.41) is 0. The van der Waals surface area contributed by atoms with Gasteiger partial charge >= 0.3 is 18.1 Å². The summed E-state index contributed by atoms with van der Waals surface area (Å²) in [4.78, 5) is 42.6. The monoisotopic (exact) mass is 1040 g/mol. The van der Waals surface area contributed by atoms with Crippen molar-refractivity contribution in [1.29, 1.82) is 0 Å². The SMILES string of the molecule is CCCCCCCC/C=C\CCCCCCCC(=O)OCCCCCCC(CCCCCCOC(=O)CCCCCCC/C=C\CCCCCCCC)OC(=O)OCCN(CCN(CC)CC)Cc1ccccc1. The molecule has 1 rings (SSSR count). The highest BCUT2D eigenvalue weighted by atomic mass is 16.7. The minimum atomic E-state index is -0.588. The number of likely N-dealkylation sites (N-methyl/N-ethyl adjacent to an activating group) is 1. The molecule has 0 aromatic heterocycles. The van der Waals surface area contributed by atoms with E-state index >= 15 is 0 Å². The Morgan fingerprint density at radius 2 is 0.811 bits per heavy atom. The van der Waals surface area contributed by atoms with Gasteiger partial charge in [-0.05, 0) is 121 Å². The summed E-state index contributed by atoms with van der Waals surface area (Å²) in [6.07, 6.45) is 51.1. The third-order valence-electron chi connectivity index (χ3n) is 14.4. The topological polar surface area (TPSA) is 94.6 Å². The van der Waals surface area contributed by atoms with Crippen molar-refractivity contribution in [1.82, 2.24) is 9.80 Å². The number of allylic oxidation sites excluding steroid dienone is 4. The largest absolute Gasteiger partial charge is 0.508 e. The van der Waals surface area contributed by atoms with Crippen LogP contribution >= 0.6 is 0 Å². The average molecular weight is 1040 g/mol. The molecule has 0 radical (unpaired) electrons. The smallest absolute Gasteiger partial charge is 0.466 e. The Hall–Kier alpha value is -3.17. The Labute approximate surface area is 456 Å². The van der Waals surface area contributed by atoms with Crippen LogP contribution in [0.15, 0.2) is 54.6 Å². The number of hydrogen-bond acceptors (Lipinski definition) is 9. The third kappa shape index (κ3) is 47.3. The highest BCUT2D eigenvalue weighted by molar-refractivity contribution is 5.69. The Morgan fingerprint density at radius 1 is 0.419 bits per heavy atom. The number of ether oxygens (including phenoxy) is 4. The van der Waals surface area contributed by atoms with E-state index < -0.39 is 6.16 Å². The number of nitrogens with zero attached hydrogens (tertiary/aromatic N) is 2. The maximum Gasteiger partial charge on any atom is 0.508 e. The molecule has 0 N–H and O–H groups in total. The molecule has 0 heterocycles. The molecular weight excluding hydrogens is 921 g/mol. The Morgan fingerprint density at radius 3 is 1.26 bits per heavy atom. The highest BCUT2D eigenvalue weighted by Crippen LogP contribution is 2.18. The van der Waals surface area contributed by atoms with Crippen molar-refractivity contribution in [3.8, 4) is 0 Å². The van der Waals surface area contributed by atoms with Crippen LogP contribution in [0.2, 0.25) is 0 Å². The molecule has 0 fully saturated rings. The first-order valence-electron chi connectivity index (χ1n) is 31.3. The number of benzene rings is 1. The van der Waals surface area contributed by atoms with Crippen LogP contribution in [0.3, 0.4) is 0 Å². The van der Waals surface area contributed by atoms with Crippen molar-refractivity contribution in [2.24, 2.45) is 0 Å². The standard InChI is InChI=1S/C65H116N2O7/c1-5-9-11-13-15-17-19-21-23-25-27-29-31-33-44-52-63(68)71-57-46-37-35-42-50-62(74-65(70)73-59-56-67(55-54-66(7-3)8-4)60-61-48-40-39-41-49-61)51-43-36-38-47-58-72-64(69)53-45-34-32-30-28-26-24-22-20-18-16-14-12-10-6-2/h21-24,39-41,48-49,62H,5-20,25-38,42-47,50-60H2,1-4H3/b23-21-,24-22-. The predicted octanol–water partition coefficient (Wildman–Crippen LogP) is 18.4. The maximum absolute atomic E-state index is 13.1. The van der Waals surface area contributed by atoms with Crippen LogP contribution in [0.1, 0.15) is 277 Å². The average Bonchev–Trinajstić information content (AvgIpc) is 3.40. The Bertz CT molecular complexity index is 1370. The van der Waals surface area contributed by atoms with Gasteiger partial charge in [0.1, 0.15) is 12.7 Å². The molecule has 0 spiro atoms. The maximum atomic E-state index is 13.1. The fraction of sp³-hybridized carbons (Fsp3) is 0.800. The van der Waals surface area contributed by atoms with E-state index in [2.05, 4.69) is 86.1 Å². The van der Waals surface area contributed by atoms with Crippen molar-refractivity contribution in [3.05, 3.63) is 60.2 Å². The Kier molecular flexibility index (Phi) is 50.8. The minimum Gasteiger partial charge on any atom is -0.466 e. The number of hydrogen-bond donors (Lipinski definition) is 0. The predicted molar refractivity (Wildman–Crippen MR) is 313 cm³/mol. The fourth-order valence-corrected chi connectivity index (χ4v) is 9.48. The molecule has 0 bridgehead atoms. The summed E-state index contributed by atoms with van der Waals surface area (Å²) in [5.74, 6) is -0.151. The number of unbranched alkanes of at least 4 members (excludes halogenated alkanes) is 28. The molecule has 0 aliphatic rings. The van der Waals surface area contributed by atoms with Crippen LogP contribution < -0.4 is 0 Å². The molecule has 74 heavy (non-hydrogen) atoms. The van der Waals surface area contributed by atoms with Gasteiger partial charge in [-0.15, -0.1) is 0 Å². The molecule has 428 valence electrons. The lowest BCUT2D eigenvalue weighted by Crippen LogP contribution is -2.36. The number of carbonyl (C=O) groups excluding carboxylic acids is 3. The molecule has 0 saturated heterocycles. The first-order chi connectivity index (χ1) is 36.4. The van der Waals surface area contributed by atoms with Gasteiger partial charge in [-0.3, -0.25) is 14.5 Å². The minimum absolute atomic E-state index is 0.0754. The van der Waals surface area contributed by atoms with E-state index in [1.807, 2.05) is 6.07 Å². The van der Waals surface area contributed by atoms with E-state index in [0.29, 0.717) is 32.6 Å². The quantitative estimate of drug-likeness (QED) is 0.0274. The number of esters is 2. The zero-order chi connectivity index (χ0) is 53.5. The Balaban J connectivity index is 2.36. The van der Waals surface area contributed by atoms with E-state index in [1.54, 1.807) is 0 Å². The van der Waals surface area contributed by atoms with Crippen LogP contribution in [0.5, 0.6) is 0 Å². The number of rotatable bonds is 55. The van der Waals surface area contributed by atoms with Gasteiger partial charge in [0, 0.05) is 39.0 Å². The van der Waals surface area contributed by atoms with Gasteiger partial charge in [-0.2, -0.15) is 0 Å². The van der Waals surface area contributed by atoms with E-state index in [0.717, 1.165) is 123 Å². The summed E-state index contributed by atoms with van der Waals surface area (Å²) >= 11 is 0. The van der Waals surface area contributed by atoms with Gasteiger partial charge in [0.05, 0.1) is 13.2 Å². The van der Waals surface area contributed by atoms with E-state index in [4.69, 9.17) is 18.9 Å². The molecule has 1 aromatic carbocycles. The molecule has 0 unspecified atom stereocenters. The lowest BCUT2D eigenvalue weighted by molar-refractivity contribution is -0.144. The van der Waals surface area contributed by atoms with E-state index in [1.165, 1.54) is 147 Å². The summed E-state index contributed by atoms with van der Waals surface area (Å²) in [6, 6.07) is 10.5. The molecule has 0 saturated carbocycles. The number of carbonyl (C=O) groups is 3. The van der Waals surface area contributed by atoms with Gasteiger partial charge in [-0.1, -0.05) is 211 Å². The fourth-order valence-electron chi connectivity index (χ4n) is 9.48. The van der Waals surface area contributed by atoms with Crippen molar-refractivity contribution in [2.45, 2.75) is 284 Å². The van der Waals surface area contributed by atoms with Crippen LogP contribution in [0.4, 0.5) is 4.79 Å². The zero-order valence-electron chi connectivity index (χ0n) is 48.8. The van der Waals surface area contributed by atoms with Crippen LogP contribution in [-0.2, 0) is 35.1 Å². The second kappa shape index (κ2) is 54.6. The second-order valence-corrected chi connectivity index (χ2v) is 21.1. The molecule has 1 aromatic rings. The molecule has 9 heteroatoms. The van der Waals surface area contributed by atoms with Crippen LogP contribution in [0, 0.1) is 0 Å². The van der Waals surface area contributed by atoms with Crippen molar-refractivity contribution < 1.29 is 33.3 Å². The van der Waals surface area contributed by atoms with Crippen molar-refractivity contribution >= 4 is 18.1 Å². The molecule has 9 nitrogen and oxygen atoms in total. The highest BCUT2D eigenvalue weighted by Gasteiger charge is 2.17. The summed E-state index contributed by atoms with van der Waals surface area (Å²) in [5.41, 5.74) is 1.24. The molecular formula is C65H116N2O7. The second-order valence-electron chi connectivity index (χ2n) is 21.1. The molecule has 0 aliphatic carbocycles. The van der Waals surface area contributed by atoms with Crippen molar-refractivity contribution in [2.75, 3.05) is 52.5 Å². The van der Waals surface area contributed by atoms with Crippen molar-refractivity contribution in [3.63, 3.8) is 0 Å². The van der Waals surface area contributed by atoms with Gasteiger partial charge in [0.25, 0.3) is 0 Å².